The number of benzene rings is 1. The zero-order valence-electron chi connectivity index (χ0n) is 15.0. The van der Waals surface area contributed by atoms with Crippen molar-refractivity contribution in [3.05, 3.63) is 40.0 Å². The molecule has 1 heterocycles. The molecule has 0 bridgehead atoms. The fourth-order valence-corrected chi connectivity index (χ4v) is 2.69. The Morgan fingerprint density at radius 3 is 2.00 bits per heavy atom. The first-order chi connectivity index (χ1) is 11.7. The maximum atomic E-state index is 15.2. The van der Waals surface area contributed by atoms with Crippen molar-refractivity contribution in [1.29, 1.82) is 0 Å². The van der Waals surface area contributed by atoms with Crippen LogP contribution >= 0.6 is 15.9 Å². The maximum absolute atomic E-state index is 15.2. The van der Waals surface area contributed by atoms with E-state index < -0.39 is 42.7 Å². The highest BCUT2D eigenvalue weighted by Crippen LogP contribution is 2.41. The molecule has 1 fully saturated rings. The molecule has 2 N–H and O–H groups in total. The van der Waals surface area contributed by atoms with Crippen LogP contribution in [0.25, 0.3) is 5.57 Å². The zero-order chi connectivity index (χ0) is 19.9. The molecule has 0 saturated carbocycles. The van der Waals surface area contributed by atoms with Gasteiger partial charge in [-0.2, -0.15) is 13.2 Å². The molecular weight excluding hydrogens is 417 g/mol. The molecule has 0 spiro atoms. The minimum absolute atomic E-state index is 0.180. The molecule has 26 heavy (non-hydrogen) atoms. The summed E-state index contributed by atoms with van der Waals surface area (Å²) in [5.74, 6) is 0. The van der Waals surface area contributed by atoms with Gasteiger partial charge in [-0.1, -0.05) is 28.1 Å². The summed E-state index contributed by atoms with van der Waals surface area (Å²) in [4.78, 5) is 0. The van der Waals surface area contributed by atoms with Gasteiger partial charge in [0.15, 0.2) is 0 Å². The molecule has 1 aromatic rings. The Labute approximate surface area is 159 Å². The van der Waals surface area contributed by atoms with Crippen LogP contribution in [0.3, 0.4) is 0 Å². The van der Waals surface area contributed by atoms with Gasteiger partial charge in [0.05, 0.1) is 11.2 Å². The van der Waals surface area contributed by atoms with Gasteiger partial charge < -0.3 is 15.0 Å². The molecule has 1 atom stereocenters. The second-order valence-electron chi connectivity index (χ2n) is 7.27. The molecule has 1 aromatic carbocycles. The molecule has 3 nitrogen and oxygen atoms in total. The van der Waals surface area contributed by atoms with Crippen molar-refractivity contribution in [3.63, 3.8) is 0 Å². The van der Waals surface area contributed by atoms with Gasteiger partial charge in [0.25, 0.3) is 0 Å². The zero-order valence-corrected chi connectivity index (χ0v) is 16.5. The summed E-state index contributed by atoms with van der Waals surface area (Å²) >= 11 is 3.25. The van der Waals surface area contributed by atoms with E-state index in [9.17, 15) is 13.2 Å². The van der Waals surface area contributed by atoms with E-state index in [1.807, 2.05) is 0 Å². The predicted molar refractivity (Wildman–Crippen MR) is 96.9 cm³/mol. The largest absolute Gasteiger partial charge is 0.525 e. The Bertz CT molecular complexity index is 673. The van der Waals surface area contributed by atoms with Gasteiger partial charge in [-0.25, -0.2) is 4.39 Å². The van der Waals surface area contributed by atoms with Crippen LogP contribution < -0.4 is 5.73 Å². The molecule has 1 unspecified atom stereocenters. The number of hydrogen-bond acceptors (Lipinski definition) is 3. The van der Waals surface area contributed by atoms with E-state index >= 15 is 4.39 Å². The SMILES string of the molecule is CC1(C)OB(C(F)=C(CC(N)C(F)(F)F)c2ccc(Br)cc2)OC1(C)C. The first kappa shape index (κ1) is 21.4. The second-order valence-corrected chi connectivity index (χ2v) is 8.19. The van der Waals surface area contributed by atoms with Crippen LogP contribution in [0.1, 0.15) is 39.7 Å². The van der Waals surface area contributed by atoms with E-state index in [1.54, 1.807) is 39.8 Å². The minimum Gasteiger partial charge on any atom is -0.398 e. The van der Waals surface area contributed by atoms with Crippen molar-refractivity contribution in [2.75, 3.05) is 0 Å². The fourth-order valence-electron chi connectivity index (χ4n) is 2.43. The van der Waals surface area contributed by atoms with Crippen LogP contribution in [0.4, 0.5) is 17.6 Å². The van der Waals surface area contributed by atoms with Crippen LogP contribution in [0, 0.1) is 0 Å². The van der Waals surface area contributed by atoms with Crippen LogP contribution in [-0.2, 0) is 9.31 Å². The summed E-state index contributed by atoms with van der Waals surface area (Å²) in [6.07, 6.45) is -5.36. The van der Waals surface area contributed by atoms with Gasteiger partial charge in [0, 0.05) is 4.47 Å². The van der Waals surface area contributed by atoms with Crippen molar-refractivity contribution in [1.82, 2.24) is 0 Å². The summed E-state index contributed by atoms with van der Waals surface area (Å²) in [6.45, 7) is 6.95. The Balaban J connectivity index is 2.45. The Morgan fingerprint density at radius 1 is 1.12 bits per heavy atom. The third-order valence-electron chi connectivity index (χ3n) is 4.79. The van der Waals surface area contributed by atoms with Crippen LogP contribution in [0.5, 0.6) is 0 Å². The number of alkyl halides is 3. The fraction of sp³-hybridized carbons (Fsp3) is 0.529. The van der Waals surface area contributed by atoms with E-state index in [0.29, 0.717) is 5.56 Å². The molecule has 9 heteroatoms. The number of nitrogens with two attached hydrogens (primary N) is 1. The van der Waals surface area contributed by atoms with E-state index in [1.165, 1.54) is 12.1 Å². The third-order valence-corrected chi connectivity index (χ3v) is 5.31. The topological polar surface area (TPSA) is 44.5 Å². The first-order valence-corrected chi connectivity index (χ1v) is 8.86. The summed E-state index contributed by atoms with van der Waals surface area (Å²) in [6, 6.07) is 4.08. The number of rotatable bonds is 4. The lowest BCUT2D eigenvalue weighted by Crippen LogP contribution is -2.41. The quantitative estimate of drug-likeness (QED) is 0.530. The summed E-state index contributed by atoms with van der Waals surface area (Å²) in [5.41, 5.74) is 2.83. The highest BCUT2D eigenvalue weighted by Gasteiger charge is 2.54. The standard InChI is InChI=1S/C17H21BBrF4NO2/c1-15(2)16(3,4)26-18(25-15)14(20)12(9-13(24)17(21,22)23)10-5-7-11(19)8-6-10/h5-8,13H,9,24H2,1-4H3. The molecule has 1 saturated heterocycles. The monoisotopic (exact) mass is 437 g/mol. The average Bonchev–Trinajstić information content (AvgIpc) is 2.72. The van der Waals surface area contributed by atoms with Crippen LogP contribution in [0.2, 0.25) is 0 Å². The van der Waals surface area contributed by atoms with Crippen molar-refractivity contribution in [3.8, 4) is 0 Å². The van der Waals surface area contributed by atoms with E-state index in [4.69, 9.17) is 15.0 Å². The lowest BCUT2D eigenvalue weighted by Gasteiger charge is -2.32. The first-order valence-electron chi connectivity index (χ1n) is 8.07. The van der Waals surface area contributed by atoms with Crippen molar-refractivity contribution in [2.24, 2.45) is 5.73 Å². The van der Waals surface area contributed by atoms with Gasteiger partial charge in [0.2, 0.25) is 0 Å². The molecule has 1 aliphatic rings. The highest BCUT2D eigenvalue weighted by atomic mass is 79.9. The van der Waals surface area contributed by atoms with Crippen molar-refractivity contribution < 1.29 is 26.9 Å². The summed E-state index contributed by atoms with van der Waals surface area (Å²) in [7, 11) is -1.39. The van der Waals surface area contributed by atoms with Gasteiger partial charge >= 0.3 is 13.3 Å². The second kappa shape index (κ2) is 7.26. The molecule has 0 aromatic heterocycles. The smallest absolute Gasteiger partial charge is 0.398 e. The normalized spacial score (nSPS) is 21.5. The van der Waals surface area contributed by atoms with E-state index in [2.05, 4.69) is 15.9 Å². The molecule has 2 rings (SSSR count). The van der Waals surface area contributed by atoms with Crippen LogP contribution in [0.15, 0.2) is 34.5 Å². The molecule has 0 aliphatic carbocycles. The molecule has 0 radical (unpaired) electrons. The molecule has 1 aliphatic heterocycles. The van der Waals surface area contributed by atoms with Gasteiger partial charge in [-0.15, -0.1) is 0 Å². The molecule has 144 valence electrons. The average molecular weight is 438 g/mol. The third kappa shape index (κ3) is 4.50. The van der Waals surface area contributed by atoms with Gasteiger partial charge in [-0.05, 0) is 57.4 Å². The van der Waals surface area contributed by atoms with Gasteiger partial charge in [0.1, 0.15) is 11.8 Å². The summed E-state index contributed by atoms with van der Waals surface area (Å²) in [5, 5.41) is 0. The number of halogens is 5. The van der Waals surface area contributed by atoms with Crippen LogP contribution in [-0.4, -0.2) is 30.5 Å². The molecular formula is C17H21BBrF4NO2. The lowest BCUT2D eigenvalue weighted by atomic mass is 9.81. The van der Waals surface area contributed by atoms with Gasteiger partial charge in [-0.3, -0.25) is 0 Å². The number of hydrogen-bond donors (Lipinski definition) is 1. The lowest BCUT2D eigenvalue weighted by molar-refractivity contribution is -0.146. The highest BCUT2D eigenvalue weighted by molar-refractivity contribution is 9.10. The summed E-state index contributed by atoms with van der Waals surface area (Å²) < 4.78 is 66.0. The minimum atomic E-state index is -4.64. The Hall–Kier alpha value is -0.895. The van der Waals surface area contributed by atoms with Crippen molar-refractivity contribution in [2.45, 2.75) is 57.5 Å². The predicted octanol–water partition coefficient (Wildman–Crippen LogP) is 5.04. The Morgan fingerprint density at radius 2 is 1.58 bits per heavy atom. The van der Waals surface area contributed by atoms with E-state index in [0.717, 1.165) is 4.47 Å². The maximum Gasteiger partial charge on any atom is 0.525 e. The Kier molecular flexibility index (Phi) is 5.98. The molecule has 0 amide bonds. The van der Waals surface area contributed by atoms with Crippen molar-refractivity contribution >= 4 is 28.6 Å². The van der Waals surface area contributed by atoms with E-state index in [-0.39, 0.29) is 5.57 Å².